The van der Waals surface area contributed by atoms with Crippen LogP contribution in [-0.2, 0) is 13.0 Å². The molecule has 9 nitrogen and oxygen atoms in total. The zero-order chi connectivity index (χ0) is 30.3. The van der Waals surface area contributed by atoms with Gasteiger partial charge >= 0.3 is 0 Å². The molecule has 0 aliphatic carbocycles. The van der Waals surface area contributed by atoms with Crippen molar-refractivity contribution in [3.8, 4) is 11.4 Å². The van der Waals surface area contributed by atoms with E-state index in [1.165, 1.54) is 24.7 Å². The number of fused-ring (bicyclic) bond motifs is 2. The first-order valence-electron chi connectivity index (χ1n) is 15.1. The predicted molar refractivity (Wildman–Crippen MR) is 177 cm³/mol. The number of aryl methyl sites for hydroxylation is 2. The first kappa shape index (κ1) is 29.1. The normalized spacial score (nSPS) is 11.4. The Balaban J connectivity index is 1.04. The van der Waals surface area contributed by atoms with Gasteiger partial charge in [0, 0.05) is 53.9 Å². The maximum atomic E-state index is 6.18. The van der Waals surface area contributed by atoms with Crippen LogP contribution in [0.1, 0.15) is 29.7 Å². The van der Waals surface area contributed by atoms with Crippen molar-refractivity contribution in [1.82, 2.24) is 29.4 Å². The smallest absolute Gasteiger partial charge is 0.150 e. The third-order valence-corrected chi connectivity index (χ3v) is 7.79. The molecule has 6 aromatic rings. The van der Waals surface area contributed by atoms with E-state index in [0.717, 1.165) is 76.4 Å². The predicted octanol–water partition coefficient (Wildman–Crippen LogP) is 6.20. The van der Waals surface area contributed by atoms with Gasteiger partial charge in [0.05, 0.1) is 22.8 Å². The van der Waals surface area contributed by atoms with Crippen LogP contribution >= 0.6 is 0 Å². The molecule has 0 saturated carbocycles. The number of hydrogen-bond donors (Lipinski definition) is 2. The molecule has 0 fully saturated rings. The SMILES string of the molecule is Cc1cc(NCCN(C)CCCCc2ccccc2)c2ccc(OCc3cncc(-n4ccc5c(N)ncnc54)c3)cc2n1. The van der Waals surface area contributed by atoms with E-state index >= 15 is 0 Å². The van der Waals surface area contributed by atoms with Crippen LogP contribution in [0.15, 0.2) is 91.6 Å². The van der Waals surface area contributed by atoms with E-state index in [-0.39, 0.29) is 0 Å². The van der Waals surface area contributed by atoms with Gasteiger partial charge in [0.25, 0.3) is 0 Å². The molecule has 0 unspecified atom stereocenters. The summed E-state index contributed by atoms with van der Waals surface area (Å²) in [5.41, 5.74) is 12.9. The minimum Gasteiger partial charge on any atom is -0.489 e. The number of nitrogen functional groups attached to an aromatic ring is 1. The minimum atomic E-state index is 0.372. The molecule has 224 valence electrons. The molecule has 0 aliphatic heterocycles. The van der Waals surface area contributed by atoms with E-state index in [9.17, 15) is 0 Å². The summed E-state index contributed by atoms with van der Waals surface area (Å²) in [5, 5.41) is 5.53. The van der Waals surface area contributed by atoms with Crippen LogP contribution in [0, 0.1) is 6.92 Å². The summed E-state index contributed by atoms with van der Waals surface area (Å²) in [6.45, 7) is 5.33. The van der Waals surface area contributed by atoms with Crippen LogP contribution in [-0.4, -0.2) is 56.1 Å². The van der Waals surface area contributed by atoms with Crippen molar-refractivity contribution in [2.75, 3.05) is 37.7 Å². The summed E-state index contributed by atoms with van der Waals surface area (Å²) in [6.07, 6.45) is 10.5. The second kappa shape index (κ2) is 13.5. The van der Waals surface area contributed by atoms with E-state index in [1.54, 1.807) is 6.20 Å². The van der Waals surface area contributed by atoms with Gasteiger partial charge < -0.3 is 20.7 Å². The monoisotopic (exact) mass is 586 g/mol. The molecule has 44 heavy (non-hydrogen) atoms. The van der Waals surface area contributed by atoms with Crippen molar-refractivity contribution in [3.05, 3.63) is 108 Å². The Kier molecular flexibility index (Phi) is 8.93. The number of pyridine rings is 2. The van der Waals surface area contributed by atoms with Crippen LogP contribution in [0.2, 0.25) is 0 Å². The average molecular weight is 587 g/mol. The Labute approximate surface area is 257 Å². The molecule has 0 amide bonds. The summed E-state index contributed by atoms with van der Waals surface area (Å²) >= 11 is 0. The highest BCUT2D eigenvalue weighted by Crippen LogP contribution is 2.28. The van der Waals surface area contributed by atoms with Crippen LogP contribution < -0.4 is 15.8 Å². The molecule has 0 spiro atoms. The summed E-state index contributed by atoms with van der Waals surface area (Å²) in [5.74, 6) is 1.21. The van der Waals surface area contributed by atoms with Gasteiger partial charge in [-0.3, -0.25) is 14.5 Å². The lowest BCUT2D eigenvalue weighted by Gasteiger charge is -2.18. The van der Waals surface area contributed by atoms with Crippen LogP contribution in [0.3, 0.4) is 0 Å². The standard InChI is InChI=1S/C35H38N8O/c1-25-18-32(38-14-17-42(2)15-7-6-10-26-8-4-3-5-9-26)30-12-11-29(20-33(30)41-25)44-23-27-19-28(22-37-21-27)43-16-13-31-34(36)39-24-40-35(31)43/h3-5,8-9,11-13,16,18-22,24H,6-7,10,14-15,17,23H2,1-2H3,(H,38,41)(H2,36,39,40). The van der Waals surface area contributed by atoms with Crippen molar-refractivity contribution >= 4 is 33.4 Å². The second-order valence-electron chi connectivity index (χ2n) is 11.2. The van der Waals surface area contributed by atoms with Crippen LogP contribution in [0.5, 0.6) is 5.75 Å². The van der Waals surface area contributed by atoms with E-state index in [1.807, 2.05) is 48.1 Å². The van der Waals surface area contributed by atoms with Gasteiger partial charge in [-0.25, -0.2) is 9.97 Å². The number of nitrogens with zero attached hydrogens (tertiary/aromatic N) is 6. The fourth-order valence-corrected chi connectivity index (χ4v) is 5.46. The summed E-state index contributed by atoms with van der Waals surface area (Å²) in [6, 6.07) is 22.9. The summed E-state index contributed by atoms with van der Waals surface area (Å²) in [7, 11) is 2.19. The summed E-state index contributed by atoms with van der Waals surface area (Å²) in [4.78, 5) is 20.1. The van der Waals surface area contributed by atoms with Crippen molar-refractivity contribution in [3.63, 3.8) is 0 Å². The molecule has 0 aliphatic rings. The Morgan fingerprint density at radius 1 is 0.909 bits per heavy atom. The molecule has 4 heterocycles. The zero-order valence-corrected chi connectivity index (χ0v) is 25.3. The number of rotatable bonds is 13. The minimum absolute atomic E-state index is 0.372. The fourth-order valence-electron chi connectivity index (χ4n) is 5.46. The zero-order valence-electron chi connectivity index (χ0n) is 25.3. The highest BCUT2D eigenvalue weighted by molar-refractivity contribution is 5.92. The van der Waals surface area contributed by atoms with Crippen molar-refractivity contribution in [2.45, 2.75) is 32.8 Å². The van der Waals surface area contributed by atoms with Gasteiger partial charge in [-0.2, -0.15) is 0 Å². The average Bonchev–Trinajstić information content (AvgIpc) is 3.48. The largest absolute Gasteiger partial charge is 0.489 e. The Bertz CT molecular complexity index is 1850. The highest BCUT2D eigenvalue weighted by atomic mass is 16.5. The third-order valence-electron chi connectivity index (χ3n) is 7.79. The third kappa shape index (κ3) is 6.95. The fraction of sp³-hybridized carbons (Fsp3) is 0.257. The molecule has 9 heteroatoms. The number of ether oxygens (including phenoxy) is 1. The van der Waals surface area contributed by atoms with Gasteiger partial charge in [0.2, 0.25) is 0 Å². The molecule has 4 aromatic heterocycles. The van der Waals surface area contributed by atoms with Gasteiger partial charge in [0.1, 0.15) is 30.1 Å². The first-order chi connectivity index (χ1) is 21.5. The number of benzene rings is 2. The molecule has 2 aromatic carbocycles. The number of anilines is 2. The highest BCUT2D eigenvalue weighted by Gasteiger charge is 2.10. The number of aromatic nitrogens is 5. The molecule has 0 radical (unpaired) electrons. The van der Waals surface area contributed by atoms with Crippen LogP contribution in [0.25, 0.3) is 27.6 Å². The second-order valence-corrected chi connectivity index (χ2v) is 11.2. The molecular formula is C35H38N8O. The van der Waals surface area contributed by atoms with Gasteiger partial charge in [-0.15, -0.1) is 0 Å². The molecule has 0 bridgehead atoms. The van der Waals surface area contributed by atoms with E-state index in [0.29, 0.717) is 12.4 Å². The topological polar surface area (TPSA) is 107 Å². The van der Waals surface area contributed by atoms with E-state index in [4.69, 9.17) is 15.5 Å². The maximum absolute atomic E-state index is 6.18. The molecule has 0 atom stereocenters. The van der Waals surface area contributed by atoms with E-state index in [2.05, 4.69) is 74.7 Å². The number of nitrogens with two attached hydrogens (primary N) is 1. The lowest BCUT2D eigenvalue weighted by atomic mass is 10.1. The number of hydrogen-bond acceptors (Lipinski definition) is 8. The molecule has 6 rings (SSSR count). The lowest BCUT2D eigenvalue weighted by molar-refractivity contribution is 0.306. The van der Waals surface area contributed by atoms with Crippen molar-refractivity contribution in [2.24, 2.45) is 0 Å². The Morgan fingerprint density at radius 2 is 1.80 bits per heavy atom. The Morgan fingerprint density at radius 3 is 2.68 bits per heavy atom. The summed E-state index contributed by atoms with van der Waals surface area (Å²) < 4.78 is 8.13. The van der Waals surface area contributed by atoms with Gasteiger partial charge in [0.15, 0.2) is 0 Å². The quantitative estimate of drug-likeness (QED) is 0.154. The molecular weight excluding hydrogens is 548 g/mol. The van der Waals surface area contributed by atoms with Gasteiger partial charge in [-0.1, -0.05) is 30.3 Å². The molecule has 0 saturated heterocycles. The lowest BCUT2D eigenvalue weighted by Crippen LogP contribution is -2.26. The number of nitrogens with one attached hydrogen (secondary N) is 1. The van der Waals surface area contributed by atoms with Gasteiger partial charge in [-0.05, 0) is 75.7 Å². The maximum Gasteiger partial charge on any atom is 0.150 e. The first-order valence-corrected chi connectivity index (χ1v) is 15.1. The van der Waals surface area contributed by atoms with Crippen LogP contribution in [0.4, 0.5) is 11.5 Å². The number of unbranched alkanes of at least 4 members (excludes halogenated alkanes) is 1. The van der Waals surface area contributed by atoms with Crippen molar-refractivity contribution in [1.29, 1.82) is 0 Å². The number of likely N-dealkylation sites (N-methyl/N-ethyl adjacent to an activating group) is 1. The van der Waals surface area contributed by atoms with Crippen molar-refractivity contribution < 1.29 is 4.74 Å². The Hall–Kier alpha value is -5.02. The molecule has 3 N–H and O–H groups in total. The van der Waals surface area contributed by atoms with E-state index < -0.39 is 0 Å².